The molecule has 9 heteroatoms. The molecule has 0 spiro atoms. The average molecular weight is 560 g/mol. The van der Waals surface area contributed by atoms with Crippen LogP contribution in [-0.2, 0) is 24.1 Å². The Morgan fingerprint density at radius 1 is 0.927 bits per heavy atom. The Labute approximate surface area is 234 Å². The molecular weight excluding hydrogens is 531 g/mol. The predicted octanol–water partition coefficient (Wildman–Crippen LogP) is 7.59. The van der Waals surface area contributed by atoms with E-state index in [1.165, 1.54) is 6.07 Å². The van der Waals surface area contributed by atoms with Gasteiger partial charge >= 0.3 is 12.1 Å². The number of alkyl halides is 3. The number of ether oxygens (including phenoxy) is 1. The van der Waals surface area contributed by atoms with E-state index >= 15 is 0 Å². The normalized spacial score (nSPS) is 17.6. The second-order valence-corrected chi connectivity index (χ2v) is 10.5. The summed E-state index contributed by atoms with van der Waals surface area (Å²) in [6, 6.07) is 22.4. The summed E-state index contributed by atoms with van der Waals surface area (Å²) in [5.74, 6) is -0.667. The molecule has 1 saturated carbocycles. The second kappa shape index (κ2) is 10.9. The van der Waals surface area contributed by atoms with E-state index in [9.17, 15) is 23.1 Å². The van der Waals surface area contributed by atoms with Crippen molar-refractivity contribution >= 4 is 27.9 Å². The highest BCUT2D eigenvalue weighted by Gasteiger charge is 2.36. The first-order valence-electron chi connectivity index (χ1n) is 13.6. The fraction of sp³-hybridized carbons (Fsp3) is 0.281. The topological polar surface area (TPSA) is 77.2 Å². The predicted molar refractivity (Wildman–Crippen MR) is 149 cm³/mol. The first kappa shape index (κ1) is 26.8. The molecule has 1 aliphatic carbocycles. The third kappa shape index (κ3) is 5.62. The van der Waals surface area contributed by atoms with E-state index in [4.69, 9.17) is 9.72 Å². The maximum atomic E-state index is 13.4. The molecule has 6 rings (SSSR count). The molecule has 0 aliphatic heterocycles. The number of fused-ring (bicyclic) bond motifs is 2. The van der Waals surface area contributed by atoms with Crippen molar-refractivity contribution in [1.82, 2.24) is 14.5 Å². The van der Waals surface area contributed by atoms with Crippen LogP contribution in [0.3, 0.4) is 0 Å². The van der Waals surface area contributed by atoms with E-state index in [0.717, 1.165) is 41.6 Å². The molecule has 210 valence electrons. The summed E-state index contributed by atoms with van der Waals surface area (Å²) < 4.78 is 48.2. The molecule has 0 bridgehead atoms. The number of carboxylic acids is 1. The maximum Gasteiger partial charge on any atom is 0.416 e. The number of imidazole rings is 1. The fourth-order valence-corrected chi connectivity index (χ4v) is 5.78. The molecule has 6 nitrogen and oxygen atoms in total. The van der Waals surface area contributed by atoms with Gasteiger partial charge in [0.25, 0.3) is 0 Å². The number of nitrogens with zero attached hydrogens (tertiary/aromatic N) is 3. The number of hydrogen-bond donors (Lipinski definition) is 1. The lowest BCUT2D eigenvalue weighted by Gasteiger charge is -2.28. The van der Waals surface area contributed by atoms with Crippen molar-refractivity contribution < 1.29 is 27.8 Å². The van der Waals surface area contributed by atoms with Gasteiger partial charge in [0.2, 0.25) is 0 Å². The minimum atomic E-state index is -4.46. The molecule has 5 aromatic rings. The van der Waals surface area contributed by atoms with Crippen molar-refractivity contribution in [2.75, 3.05) is 0 Å². The van der Waals surface area contributed by atoms with Gasteiger partial charge in [0, 0.05) is 23.9 Å². The second-order valence-electron chi connectivity index (χ2n) is 10.5. The van der Waals surface area contributed by atoms with Gasteiger partial charge in [-0.1, -0.05) is 49.2 Å². The number of hydrogen-bond acceptors (Lipinski definition) is 4. The average Bonchev–Trinajstić information content (AvgIpc) is 3.32. The molecule has 2 aromatic heterocycles. The van der Waals surface area contributed by atoms with Gasteiger partial charge in [0.05, 0.1) is 33.7 Å². The molecule has 0 amide bonds. The molecule has 0 radical (unpaired) electrons. The first-order valence-corrected chi connectivity index (χ1v) is 13.6. The molecule has 41 heavy (non-hydrogen) atoms. The highest BCUT2D eigenvalue weighted by atomic mass is 19.4. The Kier molecular flexibility index (Phi) is 7.11. The van der Waals surface area contributed by atoms with Crippen LogP contribution >= 0.6 is 0 Å². The molecule has 1 aliphatic rings. The number of carbonyl (C=O) groups is 1. The van der Waals surface area contributed by atoms with Gasteiger partial charge in [-0.3, -0.25) is 4.79 Å². The summed E-state index contributed by atoms with van der Waals surface area (Å²) >= 11 is 0. The molecule has 1 N–H and O–H groups in total. The van der Waals surface area contributed by atoms with Gasteiger partial charge in [-0.05, 0) is 54.8 Å². The van der Waals surface area contributed by atoms with Crippen LogP contribution in [0.15, 0.2) is 78.9 Å². The summed E-state index contributed by atoms with van der Waals surface area (Å²) in [7, 11) is 0. The Hall–Kier alpha value is -4.40. The number of aromatic nitrogens is 3. The highest BCUT2D eigenvalue weighted by Crippen LogP contribution is 2.40. The van der Waals surface area contributed by atoms with Crippen molar-refractivity contribution in [3.8, 4) is 5.75 Å². The van der Waals surface area contributed by atoms with E-state index in [0.29, 0.717) is 41.0 Å². The summed E-state index contributed by atoms with van der Waals surface area (Å²) in [5, 5.41) is 11.0. The third-order valence-corrected chi connectivity index (χ3v) is 7.80. The molecule has 2 atom stereocenters. The zero-order valence-corrected chi connectivity index (χ0v) is 22.1. The number of benzene rings is 3. The van der Waals surface area contributed by atoms with Crippen LogP contribution in [0.25, 0.3) is 21.9 Å². The number of rotatable bonds is 7. The van der Waals surface area contributed by atoms with Crippen LogP contribution in [0.5, 0.6) is 5.75 Å². The first-order chi connectivity index (χ1) is 19.8. The van der Waals surface area contributed by atoms with E-state index in [2.05, 4.69) is 4.98 Å². The van der Waals surface area contributed by atoms with E-state index in [1.807, 2.05) is 47.0 Å². The largest absolute Gasteiger partial charge is 0.487 e. The lowest BCUT2D eigenvalue weighted by molar-refractivity contribution is -0.143. The van der Waals surface area contributed by atoms with Crippen molar-refractivity contribution in [3.05, 3.63) is 102 Å². The molecule has 0 saturated heterocycles. The van der Waals surface area contributed by atoms with E-state index in [-0.39, 0.29) is 19.1 Å². The minimum Gasteiger partial charge on any atom is -0.487 e. The summed E-state index contributed by atoms with van der Waals surface area (Å²) in [5.41, 5.74) is 2.70. The Morgan fingerprint density at radius 3 is 2.59 bits per heavy atom. The Balaban J connectivity index is 1.35. The van der Waals surface area contributed by atoms with Crippen LogP contribution in [0.1, 0.15) is 54.2 Å². The van der Waals surface area contributed by atoms with Gasteiger partial charge < -0.3 is 14.4 Å². The van der Waals surface area contributed by atoms with Gasteiger partial charge in [-0.2, -0.15) is 13.2 Å². The summed E-state index contributed by atoms with van der Waals surface area (Å²) in [6.07, 6.45) is -1.57. The van der Waals surface area contributed by atoms with Crippen LogP contribution in [0, 0.1) is 5.92 Å². The molecule has 2 heterocycles. The van der Waals surface area contributed by atoms with Gasteiger partial charge in [-0.25, -0.2) is 9.97 Å². The van der Waals surface area contributed by atoms with Gasteiger partial charge in [0.15, 0.2) is 0 Å². The summed E-state index contributed by atoms with van der Waals surface area (Å²) in [6.45, 7) is 0.387. The van der Waals surface area contributed by atoms with Crippen molar-refractivity contribution in [3.63, 3.8) is 0 Å². The molecule has 0 unspecified atom stereocenters. The Morgan fingerprint density at radius 2 is 1.76 bits per heavy atom. The third-order valence-electron chi connectivity index (χ3n) is 7.80. The SMILES string of the molecule is O=C(O)[C@H]1CCCC[C@H]1c1nc2cc(OCc3ccc4ccccc4n3)ccc2n1Cc1cccc(C(F)(F)F)c1. The maximum absolute atomic E-state index is 13.4. The molecule has 3 aromatic carbocycles. The summed E-state index contributed by atoms with van der Waals surface area (Å²) in [4.78, 5) is 21.7. The van der Waals surface area contributed by atoms with Crippen LogP contribution in [-0.4, -0.2) is 25.6 Å². The number of para-hydroxylation sites is 1. The minimum absolute atomic E-state index is 0.139. The number of halogens is 3. The van der Waals surface area contributed by atoms with Crippen molar-refractivity contribution in [1.29, 1.82) is 0 Å². The lowest BCUT2D eigenvalue weighted by Crippen LogP contribution is -2.27. The zero-order valence-electron chi connectivity index (χ0n) is 22.1. The van der Waals surface area contributed by atoms with Crippen LogP contribution in [0.4, 0.5) is 13.2 Å². The van der Waals surface area contributed by atoms with E-state index in [1.54, 1.807) is 18.2 Å². The molecule has 1 fully saturated rings. The van der Waals surface area contributed by atoms with Gasteiger partial charge in [0.1, 0.15) is 18.2 Å². The van der Waals surface area contributed by atoms with Crippen molar-refractivity contribution in [2.24, 2.45) is 5.92 Å². The van der Waals surface area contributed by atoms with Gasteiger partial charge in [-0.15, -0.1) is 0 Å². The number of carboxylic acid groups (broad SMARTS) is 1. The number of aliphatic carboxylic acids is 1. The highest BCUT2D eigenvalue weighted by molar-refractivity contribution is 5.79. The fourth-order valence-electron chi connectivity index (χ4n) is 5.78. The van der Waals surface area contributed by atoms with E-state index < -0.39 is 23.6 Å². The van der Waals surface area contributed by atoms with Crippen LogP contribution in [0.2, 0.25) is 0 Å². The number of pyridine rings is 1. The van der Waals surface area contributed by atoms with Crippen molar-refractivity contribution in [2.45, 2.75) is 50.9 Å². The smallest absolute Gasteiger partial charge is 0.416 e. The van der Waals surface area contributed by atoms with Crippen LogP contribution < -0.4 is 4.74 Å². The monoisotopic (exact) mass is 559 g/mol. The lowest BCUT2D eigenvalue weighted by atomic mass is 9.78. The zero-order chi connectivity index (χ0) is 28.6. The standard InChI is InChI=1S/C32H28F3N3O3/c33-32(34,35)22-8-5-6-20(16-22)18-38-29-15-14-24(41-19-23-13-12-21-7-1-4-11-27(21)36-23)17-28(29)37-30(38)25-9-2-3-10-26(25)31(39)40/h1,4-8,11-17,25-26H,2-3,9-10,18-19H2,(H,39,40)/t25-,26+/m1/s1. The Bertz CT molecular complexity index is 1730. The quantitative estimate of drug-likeness (QED) is 0.222. The molecular formula is C32H28F3N3O3.